The van der Waals surface area contributed by atoms with E-state index in [-0.39, 0.29) is 81.0 Å². The van der Waals surface area contributed by atoms with E-state index in [1.807, 2.05) is 0 Å². The second kappa shape index (κ2) is 10.2. The molecule has 1 aromatic rings. The first-order valence-electron chi connectivity index (χ1n) is 12.6. The Hall–Kier alpha value is -2.99. The number of hydrogen-bond acceptors (Lipinski definition) is 9. The van der Waals surface area contributed by atoms with Crippen molar-refractivity contribution in [3.05, 3.63) is 44.1 Å². The van der Waals surface area contributed by atoms with E-state index in [0.29, 0.717) is 25.7 Å². The number of epoxide rings is 2. The van der Waals surface area contributed by atoms with Crippen LogP contribution in [0.4, 0.5) is 0 Å². The van der Waals surface area contributed by atoms with Gasteiger partial charge in [-0.25, -0.2) is 28.1 Å². The van der Waals surface area contributed by atoms with Crippen LogP contribution in [0.15, 0.2) is 27.0 Å². The zero-order chi connectivity index (χ0) is 25.4. The van der Waals surface area contributed by atoms with Crippen LogP contribution in [0.2, 0.25) is 0 Å². The summed E-state index contributed by atoms with van der Waals surface area (Å²) in [5.74, 6) is -1.27. The van der Waals surface area contributed by atoms with Crippen molar-refractivity contribution in [1.82, 2.24) is 13.7 Å². The van der Waals surface area contributed by atoms with E-state index in [2.05, 4.69) is 6.58 Å². The standard InChI is InChI=1S/C24H31N3O9/c1-2-7-25-22(30)26(8-10-33-20(28)14-3-5-16-18(12-14)35-16)24(32)27(23(25)31)9-11-34-21(29)15-4-6-17-19(13-15)36-17/h2,14-19H,1,3-13H2. The van der Waals surface area contributed by atoms with Crippen molar-refractivity contribution in [3.63, 3.8) is 0 Å². The molecule has 196 valence electrons. The van der Waals surface area contributed by atoms with E-state index < -0.39 is 17.1 Å². The van der Waals surface area contributed by atoms with Gasteiger partial charge in [-0.05, 0) is 38.5 Å². The average molecular weight is 506 g/mol. The van der Waals surface area contributed by atoms with Crippen LogP contribution in [0.3, 0.4) is 0 Å². The van der Waals surface area contributed by atoms with Crippen LogP contribution in [-0.4, -0.2) is 63.3 Å². The van der Waals surface area contributed by atoms with Gasteiger partial charge in [-0.2, -0.15) is 0 Å². The zero-order valence-electron chi connectivity index (χ0n) is 20.0. The summed E-state index contributed by atoms with van der Waals surface area (Å²) < 4.78 is 24.1. The van der Waals surface area contributed by atoms with Crippen molar-refractivity contribution in [3.8, 4) is 0 Å². The van der Waals surface area contributed by atoms with Crippen molar-refractivity contribution < 1.29 is 28.5 Å². The third kappa shape index (κ3) is 5.10. The summed E-state index contributed by atoms with van der Waals surface area (Å²) in [5.41, 5.74) is -2.49. The minimum Gasteiger partial charge on any atom is -0.464 e. The first-order chi connectivity index (χ1) is 17.4. The van der Waals surface area contributed by atoms with E-state index in [4.69, 9.17) is 18.9 Å². The Morgan fingerprint density at radius 2 is 1.19 bits per heavy atom. The summed E-state index contributed by atoms with van der Waals surface area (Å²) in [7, 11) is 0. The molecule has 0 amide bonds. The van der Waals surface area contributed by atoms with Crippen LogP contribution >= 0.6 is 0 Å². The normalized spacial score (nSPS) is 30.0. The van der Waals surface area contributed by atoms with Gasteiger partial charge in [0.05, 0.1) is 55.9 Å². The molecule has 36 heavy (non-hydrogen) atoms. The predicted molar refractivity (Wildman–Crippen MR) is 123 cm³/mol. The molecule has 4 aliphatic rings. The van der Waals surface area contributed by atoms with Gasteiger partial charge < -0.3 is 18.9 Å². The molecule has 12 nitrogen and oxygen atoms in total. The molecule has 0 spiro atoms. The monoisotopic (exact) mass is 505 g/mol. The highest BCUT2D eigenvalue weighted by atomic mass is 16.6. The van der Waals surface area contributed by atoms with Crippen LogP contribution < -0.4 is 17.1 Å². The van der Waals surface area contributed by atoms with E-state index in [0.717, 1.165) is 26.5 Å². The van der Waals surface area contributed by atoms with Crippen molar-refractivity contribution in [2.75, 3.05) is 13.2 Å². The van der Waals surface area contributed by atoms with Gasteiger partial charge in [0.15, 0.2) is 0 Å². The van der Waals surface area contributed by atoms with Gasteiger partial charge in [0.1, 0.15) is 13.2 Å². The van der Waals surface area contributed by atoms with Crippen LogP contribution in [-0.2, 0) is 48.2 Å². The molecular weight excluding hydrogens is 474 g/mol. The molecule has 2 saturated carbocycles. The molecule has 12 heteroatoms. The molecule has 2 aliphatic carbocycles. The maximum Gasteiger partial charge on any atom is 0.336 e. The van der Waals surface area contributed by atoms with Crippen molar-refractivity contribution in [2.45, 2.75) is 82.6 Å². The molecule has 2 saturated heterocycles. The molecule has 0 radical (unpaired) electrons. The quantitative estimate of drug-likeness (QED) is 0.235. The molecule has 6 atom stereocenters. The van der Waals surface area contributed by atoms with Gasteiger partial charge in [0, 0.05) is 0 Å². The fraction of sp³-hybridized carbons (Fsp3) is 0.708. The molecule has 3 heterocycles. The summed E-state index contributed by atoms with van der Waals surface area (Å²) in [6.45, 7) is 2.66. The lowest BCUT2D eigenvalue weighted by Crippen LogP contribution is -2.55. The Morgan fingerprint density at radius 1 is 0.750 bits per heavy atom. The highest BCUT2D eigenvalue weighted by Crippen LogP contribution is 2.40. The van der Waals surface area contributed by atoms with Crippen molar-refractivity contribution in [1.29, 1.82) is 0 Å². The maximum atomic E-state index is 13.0. The summed E-state index contributed by atoms with van der Waals surface area (Å²) in [6, 6.07) is 0. The van der Waals surface area contributed by atoms with Crippen LogP contribution in [0.25, 0.3) is 0 Å². The van der Waals surface area contributed by atoms with Gasteiger partial charge >= 0.3 is 29.0 Å². The Labute approximate surface area is 206 Å². The second-order valence-electron chi connectivity index (χ2n) is 9.83. The number of carbonyl (C=O) groups excluding carboxylic acids is 2. The maximum absolute atomic E-state index is 13.0. The zero-order valence-corrected chi connectivity index (χ0v) is 20.0. The smallest absolute Gasteiger partial charge is 0.336 e. The molecule has 5 rings (SSSR count). The number of rotatable bonds is 10. The largest absolute Gasteiger partial charge is 0.464 e. The Bertz CT molecular complexity index is 1130. The van der Waals surface area contributed by atoms with Crippen LogP contribution in [0.5, 0.6) is 0 Å². The highest BCUT2D eigenvalue weighted by Gasteiger charge is 2.47. The molecule has 0 N–H and O–H groups in total. The van der Waals surface area contributed by atoms with E-state index in [1.54, 1.807) is 0 Å². The van der Waals surface area contributed by atoms with E-state index in [1.165, 1.54) is 6.08 Å². The number of hydrogen-bond donors (Lipinski definition) is 0. The lowest BCUT2D eigenvalue weighted by atomic mass is 9.89. The molecule has 6 unspecified atom stereocenters. The Morgan fingerprint density at radius 3 is 1.61 bits per heavy atom. The first kappa shape index (κ1) is 24.7. The fourth-order valence-corrected chi connectivity index (χ4v) is 5.30. The summed E-state index contributed by atoms with van der Waals surface area (Å²) in [6.07, 6.45) is 6.40. The lowest BCUT2D eigenvalue weighted by molar-refractivity contribution is -0.150. The highest BCUT2D eigenvalue weighted by molar-refractivity contribution is 5.73. The van der Waals surface area contributed by atoms with E-state index >= 15 is 0 Å². The minimum absolute atomic E-state index is 0.104. The first-order valence-corrected chi connectivity index (χ1v) is 12.6. The van der Waals surface area contributed by atoms with Crippen molar-refractivity contribution >= 4 is 11.9 Å². The molecule has 2 aliphatic heterocycles. The van der Waals surface area contributed by atoms with E-state index in [9.17, 15) is 24.0 Å². The Balaban J connectivity index is 1.22. The van der Waals surface area contributed by atoms with Gasteiger partial charge in [-0.3, -0.25) is 9.59 Å². The van der Waals surface area contributed by atoms with Gasteiger partial charge in [-0.1, -0.05) is 6.08 Å². The molecule has 4 fully saturated rings. The number of aromatic nitrogens is 3. The number of carbonyl (C=O) groups is 2. The number of allylic oxidation sites excluding steroid dienone is 1. The number of esters is 2. The summed E-state index contributed by atoms with van der Waals surface area (Å²) in [4.78, 5) is 63.4. The fourth-order valence-electron chi connectivity index (χ4n) is 5.30. The molecule has 1 aromatic heterocycles. The lowest BCUT2D eigenvalue weighted by Gasteiger charge is -2.18. The van der Waals surface area contributed by atoms with Crippen LogP contribution in [0.1, 0.15) is 38.5 Å². The molecule has 0 bridgehead atoms. The van der Waals surface area contributed by atoms with Gasteiger partial charge in [0.2, 0.25) is 0 Å². The average Bonchev–Trinajstić information content (AvgIpc) is 3.79. The molecular formula is C24H31N3O9. The van der Waals surface area contributed by atoms with Gasteiger partial charge in [0.25, 0.3) is 0 Å². The third-order valence-electron chi connectivity index (χ3n) is 7.49. The van der Waals surface area contributed by atoms with Crippen molar-refractivity contribution in [2.24, 2.45) is 11.8 Å². The number of nitrogens with zero attached hydrogens (tertiary/aromatic N) is 3. The number of fused-ring (bicyclic) bond motifs is 2. The number of ether oxygens (including phenoxy) is 4. The summed E-state index contributed by atoms with van der Waals surface area (Å²) >= 11 is 0. The SMILES string of the molecule is C=CCn1c(=O)n(CCOC(=O)C2CCC3OC3C2)c(=O)n(CCOC(=O)C2CCC3OC3C2)c1=O. The minimum atomic E-state index is -0.851. The summed E-state index contributed by atoms with van der Waals surface area (Å²) in [5, 5.41) is 0. The Kier molecular flexibility index (Phi) is 6.98. The van der Waals surface area contributed by atoms with Gasteiger partial charge in [-0.15, -0.1) is 6.58 Å². The second-order valence-corrected chi connectivity index (χ2v) is 9.83. The van der Waals surface area contributed by atoms with Crippen LogP contribution in [0, 0.1) is 11.8 Å². The predicted octanol–water partition coefficient (Wildman–Crippen LogP) is -0.421. The molecule has 0 aromatic carbocycles. The topological polar surface area (TPSA) is 144 Å². The third-order valence-corrected chi connectivity index (χ3v) is 7.49.